The van der Waals surface area contributed by atoms with Gasteiger partial charge in [0.1, 0.15) is 17.5 Å². The molecule has 8 heteroatoms. The van der Waals surface area contributed by atoms with Gasteiger partial charge >= 0.3 is 6.09 Å². The highest BCUT2D eigenvalue weighted by Gasteiger charge is 2.33. The summed E-state index contributed by atoms with van der Waals surface area (Å²) in [6.07, 6.45) is -0.0815. The van der Waals surface area contributed by atoms with Gasteiger partial charge in [-0.15, -0.1) is 0 Å². The summed E-state index contributed by atoms with van der Waals surface area (Å²) in [4.78, 5) is 24.1. The van der Waals surface area contributed by atoms with Gasteiger partial charge in [-0.1, -0.05) is 23.7 Å². The van der Waals surface area contributed by atoms with Gasteiger partial charge in [0.05, 0.1) is 5.02 Å². The average molecular weight is 358 g/mol. The summed E-state index contributed by atoms with van der Waals surface area (Å²) in [5.41, 5.74) is 2.50. The standard InChI is InChI=1S/C16H21ClFN3O3/c1-16(2,3)24-15(23)21-8-7-12(20-21)14(22)19-9-10-5-4-6-11(17)13(10)18/h4-6,12,20H,7-9H2,1-3H3,(H,19,22)/t12-/m1/s1. The minimum Gasteiger partial charge on any atom is -0.443 e. The van der Waals surface area contributed by atoms with E-state index in [-0.39, 0.29) is 17.5 Å². The maximum atomic E-state index is 13.8. The lowest BCUT2D eigenvalue weighted by Gasteiger charge is -2.24. The monoisotopic (exact) mass is 357 g/mol. The molecule has 1 atom stereocenters. The van der Waals surface area contributed by atoms with Crippen molar-refractivity contribution in [2.75, 3.05) is 6.54 Å². The molecule has 0 unspecified atom stereocenters. The highest BCUT2D eigenvalue weighted by molar-refractivity contribution is 6.30. The van der Waals surface area contributed by atoms with E-state index >= 15 is 0 Å². The Morgan fingerprint density at radius 3 is 2.83 bits per heavy atom. The van der Waals surface area contributed by atoms with Crippen molar-refractivity contribution in [2.24, 2.45) is 0 Å². The van der Waals surface area contributed by atoms with Crippen molar-refractivity contribution in [1.82, 2.24) is 15.8 Å². The lowest BCUT2D eigenvalue weighted by atomic mass is 10.2. The average Bonchev–Trinajstić information content (AvgIpc) is 2.97. The third kappa shape index (κ3) is 4.82. The van der Waals surface area contributed by atoms with E-state index in [4.69, 9.17) is 16.3 Å². The number of hydrazine groups is 1. The molecule has 1 aromatic rings. The van der Waals surface area contributed by atoms with Crippen molar-refractivity contribution >= 4 is 23.6 Å². The number of carbonyl (C=O) groups is 2. The Kier molecular flexibility index (Phi) is 5.66. The van der Waals surface area contributed by atoms with E-state index in [9.17, 15) is 14.0 Å². The first-order chi connectivity index (χ1) is 11.2. The van der Waals surface area contributed by atoms with Crippen LogP contribution in [0.25, 0.3) is 0 Å². The van der Waals surface area contributed by atoms with Crippen LogP contribution in [0, 0.1) is 5.82 Å². The first kappa shape index (κ1) is 18.5. The van der Waals surface area contributed by atoms with E-state index in [1.807, 2.05) is 0 Å². The summed E-state index contributed by atoms with van der Waals surface area (Å²) in [7, 11) is 0. The predicted molar refractivity (Wildman–Crippen MR) is 87.7 cm³/mol. The minimum atomic E-state index is -0.608. The van der Waals surface area contributed by atoms with Gasteiger partial charge in [0, 0.05) is 18.7 Å². The number of hydrogen-bond acceptors (Lipinski definition) is 4. The second-order valence-corrected chi connectivity index (χ2v) is 6.94. The molecular weight excluding hydrogens is 337 g/mol. The molecule has 1 saturated heterocycles. The molecular formula is C16H21ClFN3O3. The van der Waals surface area contributed by atoms with E-state index < -0.39 is 23.6 Å². The zero-order valence-corrected chi connectivity index (χ0v) is 14.6. The van der Waals surface area contributed by atoms with Crippen LogP contribution in [0.1, 0.15) is 32.8 Å². The first-order valence-electron chi connectivity index (χ1n) is 7.64. The van der Waals surface area contributed by atoms with Crippen molar-refractivity contribution in [2.45, 2.75) is 45.4 Å². The van der Waals surface area contributed by atoms with E-state index in [1.54, 1.807) is 32.9 Å². The summed E-state index contributed by atoms with van der Waals surface area (Å²) in [6, 6.07) is 4.04. The Balaban J connectivity index is 1.86. The maximum Gasteiger partial charge on any atom is 0.424 e. The van der Waals surface area contributed by atoms with Crippen LogP contribution in [0.5, 0.6) is 0 Å². The summed E-state index contributed by atoms with van der Waals surface area (Å²) in [5, 5.41) is 3.92. The van der Waals surface area contributed by atoms with Gasteiger partial charge < -0.3 is 10.1 Å². The van der Waals surface area contributed by atoms with Crippen molar-refractivity contribution in [3.8, 4) is 0 Å². The molecule has 0 spiro atoms. The van der Waals surface area contributed by atoms with Crippen LogP contribution >= 0.6 is 11.6 Å². The second-order valence-electron chi connectivity index (χ2n) is 6.53. The third-order valence-electron chi connectivity index (χ3n) is 3.37. The molecule has 0 aromatic heterocycles. The normalized spacial score (nSPS) is 17.7. The molecule has 132 valence electrons. The summed E-state index contributed by atoms with van der Waals surface area (Å²) >= 11 is 5.70. The zero-order chi connectivity index (χ0) is 17.9. The Labute approximate surface area is 145 Å². The van der Waals surface area contributed by atoms with Gasteiger partial charge in [-0.3, -0.25) is 4.79 Å². The number of rotatable bonds is 3. The predicted octanol–water partition coefficient (Wildman–Crippen LogP) is 2.61. The van der Waals surface area contributed by atoms with Crippen LogP contribution in [-0.4, -0.2) is 35.2 Å². The number of hydrogen-bond donors (Lipinski definition) is 2. The first-order valence-corrected chi connectivity index (χ1v) is 8.02. The van der Waals surface area contributed by atoms with Gasteiger partial charge in [-0.25, -0.2) is 19.6 Å². The molecule has 1 fully saturated rings. The number of nitrogens with zero attached hydrogens (tertiary/aromatic N) is 1. The van der Waals surface area contributed by atoms with Crippen molar-refractivity contribution < 1.29 is 18.7 Å². The molecule has 0 aliphatic carbocycles. The van der Waals surface area contributed by atoms with E-state index in [0.29, 0.717) is 18.5 Å². The highest BCUT2D eigenvalue weighted by Crippen LogP contribution is 2.18. The molecule has 2 amide bonds. The largest absolute Gasteiger partial charge is 0.443 e. The Morgan fingerprint density at radius 2 is 2.17 bits per heavy atom. The van der Waals surface area contributed by atoms with Crippen LogP contribution in [0.15, 0.2) is 18.2 Å². The second kappa shape index (κ2) is 7.36. The van der Waals surface area contributed by atoms with Crippen LogP contribution in [-0.2, 0) is 16.1 Å². The molecule has 0 saturated carbocycles. The molecule has 1 aromatic carbocycles. The zero-order valence-electron chi connectivity index (χ0n) is 13.9. The molecule has 0 radical (unpaired) electrons. The van der Waals surface area contributed by atoms with Gasteiger partial charge in [0.2, 0.25) is 5.91 Å². The number of nitrogens with one attached hydrogen (secondary N) is 2. The number of amides is 2. The van der Waals surface area contributed by atoms with E-state index in [1.165, 1.54) is 11.1 Å². The van der Waals surface area contributed by atoms with E-state index in [0.717, 1.165) is 0 Å². The topological polar surface area (TPSA) is 70.7 Å². The molecule has 2 N–H and O–H groups in total. The molecule has 1 heterocycles. The number of benzene rings is 1. The number of ether oxygens (including phenoxy) is 1. The van der Waals surface area contributed by atoms with Crippen molar-refractivity contribution in [1.29, 1.82) is 0 Å². The molecule has 2 rings (SSSR count). The molecule has 0 bridgehead atoms. The van der Waals surface area contributed by atoms with Crippen LogP contribution < -0.4 is 10.7 Å². The summed E-state index contributed by atoms with van der Waals surface area (Å²) < 4.78 is 19.0. The Bertz CT molecular complexity index is 633. The van der Waals surface area contributed by atoms with Crippen LogP contribution in [0.3, 0.4) is 0 Å². The van der Waals surface area contributed by atoms with Crippen LogP contribution in [0.2, 0.25) is 5.02 Å². The van der Waals surface area contributed by atoms with Gasteiger partial charge in [-0.05, 0) is 33.3 Å². The molecule has 24 heavy (non-hydrogen) atoms. The van der Waals surface area contributed by atoms with Crippen molar-refractivity contribution in [3.63, 3.8) is 0 Å². The minimum absolute atomic E-state index is 0.0110. The summed E-state index contributed by atoms with van der Waals surface area (Å²) in [6.45, 7) is 5.69. The fraction of sp³-hybridized carbons (Fsp3) is 0.500. The smallest absolute Gasteiger partial charge is 0.424 e. The Hall–Kier alpha value is -1.86. The number of carbonyl (C=O) groups excluding carboxylic acids is 2. The third-order valence-corrected chi connectivity index (χ3v) is 3.66. The maximum absolute atomic E-state index is 13.8. The highest BCUT2D eigenvalue weighted by atomic mass is 35.5. The SMILES string of the molecule is CC(C)(C)OC(=O)N1CC[C@H](C(=O)NCc2cccc(Cl)c2F)N1. The fourth-order valence-electron chi connectivity index (χ4n) is 2.22. The lowest BCUT2D eigenvalue weighted by Crippen LogP contribution is -2.48. The van der Waals surface area contributed by atoms with E-state index in [2.05, 4.69) is 10.7 Å². The molecule has 6 nitrogen and oxygen atoms in total. The summed E-state index contributed by atoms with van der Waals surface area (Å²) in [5.74, 6) is -0.866. The molecule has 1 aliphatic heterocycles. The fourth-order valence-corrected chi connectivity index (χ4v) is 2.41. The lowest BCUT2D eigenvalue weighted by molar-refractivity contribution is -0.123. The van der Waals surface area contributed by atoms with Crippen molar-refractivity contribution in [3.05, 3.63) is 34.6 Å². The van der Waals surface area contributed by atoms with Gasteiger partial charge in [-0.2, -0.15) is 0 Å². The Morgan fingerprint density at radius 1 is 1.46 bits per heavy atom. The van der Waals surface area contributed by atoms with Crippen LogP contribution in [0.4, 0.5) is 9.18 Å². The molecule has 1 aliphatic rings. The van der Waals surface area contributed by atoms with Gasteiger partial charge in [0.15, 0.2) is 0 Å². The quantitative estimate of drug-likeness (QED) is 0.872. The number of halogens is 2. The van der Waals surface area contributed by atoms with Gasteiger partial charge in [0.25, 0.3) is 0 Å².